The van der Waals surface area contributed by atoms with Gasteiger partial charge in [0.05, 0.1) is 0 Å². The summed E-state index contributed by atoms with van der Waals surface area (Å²) in [6.07, 6.45) is 4.66. The van der Waals surface area contributed by atoms with Crippen molar-refractivity contribution in [3.63, 3.8) is 0 Å². The third-order valence-electron chi connectivity index (χ3n) is 3.87. The summed E-state index contributed by atoms with van der Waals surface area (Å²) in [5.41, 5.74) is 7.74. The van der Waals surface area contributed by atoms with Crippen molar-refractivity contribution in [2.45, 2.75) is 45.2 Å². The Morgan fingerprint density at radius 2 is 2.10 bits per heavy atom. The van der Waals surface area contributed by atoms with Crippen molar-refractivity contribution < 1.29 is 4.39 Å². The highest BCUT2D eigenvalue weighted by Gasteiger charge is 2.17. The smallest absolute Gasteiger partial charge is 0.128 e. The van der Waals surface area contributed by atoms with Crippen molar-refractivity contribution in [3.8, 4) is 0 Å². The van der Waals surface area contributed by atoms with E-state index in [9.17, 15) is 4.39 Å². The quantitative estimate of drug-likeness (QED) is 0.794. The third kappa shape index (κ3) is 4.67. The number of hydrogen-bond acceptors (Lipinski definition) is 3. The molecule has 0 aliphatic heterocycles. The van der Waals surface area contributed by atoms with E-state index in [0.29, 0.717) is 12.5 Å². The molecule has 0 spiro atoms. The van der Waals surface area contributed by atoms with Crippen LogP contribution in [-0.4, -0.2) is 31.1 Å². The summed E-state index contributed by atoms with van der Waals surface area (Å²) in [5.74, 6) is 0.972. The molecule has 0 aromatic heterocycles. The van der Waals surface area contributed by atoms with E-state index < -0.39 is 0 Å². The lowest BCUT2D eigenvalue weighted by Gasteiger charge is -2.29. The molecule has 114 valence electrons. The number of nitrogens with zero attached hydrogens (tertiary/aromatic N) is 1. The largest absolute Gasteiger partial charge is 0.372 e. The van der Waals surface area contributed by atoms with E-state index in [2.05, 4.69) is 18.1 Å². The van der Waals surface area contributed by atoms with Crippen molar-refractivity contribution in [2.24, 2.45) is 5.73 Å². The molecule has 0 aliphatic carbocycles. The van der Waals surface area contributed by atoms with Crippen LogP contribution in [0.2, 0.25) is 0 Å². The van der Waals surface area contributed by atoms with Gasteiger partial charge in [-0.25, -0.2) is 4.39 Å². The number of halogens is 1. The van der Waals surface area contributed by atoms with Crippen molar-refractivity contribution >= 4 is 17.4 Å². The zero-order valence-electron chi connectivity index (χ0n) is 13.0. The molecule has 0 radical (unpaired) electrons. The molecule has 1 aromatic rings. The van der Waals surface area contributed by atoms with E-state index in [1.54, 1.807) is 6.07 Å². The molecule has 20 heavy (non-hydrogen) atoms. The summed E-state index contributed by atoms with van der Waals surface area (Å²) in [6.45, 7) is 4.22. The highest BCUT2D eigenvalue weighted by molar-refractivity contribution is 7.98. The zero-order valence-corrected chi connectivity index (χ0v) is 13.8. The van der Waals surface area contributed by atoms with Crippen molar-refractivity contribution in [3.05, 3.63) is 29.6 Å². The second-order valence-electron chi connectivity index (χ2n) is 5.35. The molecule has 0 saturated heterocycles. The summed E-state index contributed by atoms with van der Waals surface area (Å²) in [4.78, 5) is 2.18. The van der Waals surface area contributed by atoms with Crippen LogP contribution in [-0.2, 0) is 6.42 Å². The minimum atomic E-state index is -0.143. The minimum absolute atomic E-state index is 0.0144. The van der Waals surface area contributed by atoms with Crippen LogP contribution < -0.4 is 10.6 Å². The summed E-state index contributed by atoms with van der Waals surface area (Å²) in [6, 6.07) is 5.71. The molecule has 2 nitrogen and oxygen atoms in total. The Labute approximate surface area is 126 Å². The van der Waals surface area contributed by atoms with Gasteiger partial charge in [-0.15, -0.1) is 0 Å². The van der Waals surface area contributed by atoms with E-state index in [0.717, 1.165) is 29.8 Å². The van der Waals surface area contributed by atoms with Crippen LogP contribution in [0.4, 0.5) is 10.1 Å². The lowest BCUT2D eigenvalue weighted by molar-refractivity contribution is 0.573. The third-order valence-corrected chi connectivity index (χ3v) is 4.51. The fourth-order valence-corrected chi connectivity index (χ4v) is 2.78. The van der Waals surface area contributed by atoms with Crippen molar-refractivity contribution in [2.75, 3.05) is 24.0 Å². The van der Waals surface area contributed by atoms with Crippen LogP contribution in [0.1, 0.15) is 32.3 Å². The SMILES string of the molecule is CCC(N)Cc1c(F)cccc1N(C)C(C)CCSC. The van der Waals surface area contributed by atoms with Gasteiger partial charge in [-0.3, -0.25) is 0 Å². The van der Waals surface area contributed by atoms with E-state index >= 15 is 0 Å². The molecule has 1 rings (SSSR count). The lowest BCUT2D eigenvalue weighted by atomic mass is 10.0. The number of nitrogens with two attached hydrogens (primary N) is 1. The van der Waals surface area contributed by atoms with E-state index in [1.807, 2.05) is 31.8 Å². The first-order valence-corrected chi connectivity index (χ1v) is 8.65. The Balaban J connectivity index is 2.95. The topological polar surface area (TPSA) is 29.3 Å². The second kappa shape index (κ2) is 8.53. The molecular formula is C16H27FN2S. The minimum Gasteiger partial charge on any atom is -0.372 e. The van der Waals surface area contributed by atoms with Gasteiger partial charge >= 0.3 is 0 Å². The molecular weight excluding hydrogens is 271 g/mol. The maximum Gasteiger partial charge on any atom is 0.128 e. The molecule has 2 unspecified atom stereocenters. The van der Waals surface area contributed by atoms with E-state index in [1.165, 1.54) is 6.07 Å². The molecule has 0 fully saturated rings. The molecule has 0 saturated carbocycles. The summed E-state index contributed by atoms with van der Waals surface area (Å²) in [5, 5.41) is 0. The van der Waals surface area contributed by atoms with Gasteiger partial charge in [0, 0.05) is 30.4 Å². The van der Waals surface area contributed by atoms with Crippen LogP contribution in [0.25, 0.3) is 0 Å². The van der Waals surface area contributed by atoms with Crippen molar-refractivity contribution in [1.29, 1.82) is 0 Å². The van der Waals surface area contributed by atoms with Crippen LogP contribution in [0, 0.1) is 5.82 Å². The molecule has 4 heteroatoms. The number of benzene rings is 1. The van der Waals surface area contributed by atoms with E-state index in [4.69, 9.17) is 5.73 Å². The Hall–Kier alpha value is -0.740. The van der Waals surface area contributed by atoms with Gasteiger partial charge in [0.2, 0.25) is 0 Å². The van der Waals surface area contributed by atoms with Gasteiger partial charge < -0.3 is 10.6 Å². The number of thioether (sulfide) groups is 1. The first-order valence-electron chi connectivity index (χ1n) is 7.26. The Bertz CT molecular complexity index is 411. The maximum atomic E-state index is 14.1. The van der Waals surface area contributed by atoms with Crippen LogP contribution >= 0.6 is 11.8 Å². The van der Waals surface area contributed by atoms with Crippen LogP contribution in [0.15, 0.2) is 18.2 Å². The highest BCUT2D eigenvalue weighted by Crippen LogP contribution is 2.26. The average Bonchev–Trinajstić information content (AvgIpc) is 2.45. The molecule has 2 N–H and O–H groups in total. The molecule has 0 aliphatic rings. The van der Waals surface area contributed by atoms with Crippen LogP contribution in [0.3, 0.4) is 0 Å². The summed E-state index contributed by atoms with van der Waals surface area (Å²) >= 11 is 1.84. The lowest BCUT2D eigenvalue weighted by Crippen LogP contribution is -2.31. The molecule has 2 atom stereocenters. The summed E-state index contributed by atoms with van der Waals surface area (Å²) in [7, 11) is 2.04. The van der Waals surface area contributed by atoms with Gasteiger partial charge in [-0.05, 0) is 50.3 Å². The fraction of sp³-hybridized carbons (Fsp3) is 0.625. The average molecular weight is 298 g/mol. The molecule has 0 amide bonds. The van der Waals surface area contributed by atoms with Gasteiger partial charge in [0.25, 0.3) is 0 Å². The first kappa shape index (κ1) is 17.3. The standard InChI is InChI=1S/C16H27FN2S/c1-5-13(18)11-14-15(17)7-6-8-16(14)19(3)12(2)9-10-20-4/h6-8,12-13H,5,9-11,18H2,1-4H3. The molecule has 0 bridgehead atoms. The maximum absolute atomic E-state index is 14.1. The van der Waals surface area contributed by atoms with Crippen LogP contribution in [0.5, 0.6) is 0 Å². The van der Waals surface area contributed by atoms with Gasteiger partial charge in [-0.2, -0.15) is 11.8 Å². The van der Waals surface area contributed by atoms with Gasteiger partial charge in [-0.1, -0.05) is 13.0 Å². The monoisotopic (exact) mass is 298 g/mol. The fourth-order valence-electron chi connectivity index (χ4n) is 2.21. The predicted octanol–water partition coefficient (Wildman–Crippen LogP) is 3.68. The van der Waals surface area contributed by atoms with Gasteiger partial charge in [0.15, 0.2) is 0 Å². The number of rotatable bonds is 8. The number of anilines is 1. The highest BCUT2D eigenvalue weighted by atomic mass is 32.2. The second-order valence-corrected chi connectivity index (χ2v) is 6.34. The Kier molecular flexibility index (Phi) is 7.38. The van der Waals surface area contributed by atoms with Crippen molar-refractivity contribution in [1.82, 2.24) is 0 Å². The molecule has 1 aromatic carbocycles. The number of hydrogen-bond donors (Lipinski definition) is 1. The molecule has 0 heterocycles. The Morgan fingerprint density at radius 3 is 2.70 bits per heavy atom. The normalized spacial score (nSPS) is 14.1. The Morgan fingerprint density at radius 1 is 1.40 bits per heavy atom. The first-order chi connectivity index (χ1) is 9.51. The summed E-state index contributed by atoms with van der Waals surface area (Å²) < 4.78 is 14.1. The zero-order chi connectivity index (χ0) is 15.1. The van der Waals surface area contributed by atoms with E-state index in [-0.39, 0.29) is 11.9 Å². The predicted molar refractivity (Wildman–Crippen MR) is 89.2 cm³/mol. The van der Waals surface area contributed by atoms with Gasteiger partial charge in [0.1, 0.15) is 5.82 Å².